The molecule has 2 aromatic heterocycles. The minimum Gasteiger partial charge on any atom is -0.328 e. The van der Waals surface area contributed by atoms with Crippen molar-refractivity contribution < 1.29 is 0 Å². The van der Waals surface area contributed by atoms with Crippen LogP contribution in [-0.2, 0) is 19.4 Å². The first-order valence-corrected chi connectivity index (χ1v) is 6.17. The van der Waals surface area contributed by atoms with Gasteiger partial charge in [0.1, 0.15) is 0 Å². The molecule has 3 rings (SSSR count). The van der Waals surface area contributed by atoms with E-state index in [1.807, 2.05) is 6.33 Å². The normalized spacial score (nSPS) is 14.3. The predicted octanol–water partition coefficient (Wildman–Crippen LogP) is 0.886. The Balaban J connectivity index is 1.81. The Kier molecular flexibility index (Phi) is 2.93. The van der Waals surface area contributed by atoms with Crippen molar-refractivity contribution >= 4 is 5.82 Å². The molecule has 2 aromatic rings. The van der Waals surface area contributed by atoms with Crippen molar-refractivity contribution in [3.8, 4) is 0 Å². The summed E-state index contributed by atoms with van der Waals surface area (Å²) in [5.74, 6) is 5.83. The third-order valence-corrected chi connectivity index (χ3v) is 3.30. The van der Waals surface area contributed by atoms with Crippen LogP contribution in [0.2, 0.25) is 0 Å². The number of anilines is 1. The number of aromatic nitrogens is 4. The molecular formula is C12H16N6. The topological polar surface area (TPSA) is 81.6 Å². The van der Waals surface area contributed by atoms with Crippen molar-refractivity contribution in [1.82, 2.24) is 19.5 Å². The summed E-state index contributed by atoms with van der Waals surface area (Å²) in [4.78, 5) is 12.9. The standard InChI is InChI=1S/C12H16N6/c13-17-12-6-14-9(5-15-12)7-18-8-16-10-3-1-2-4-11(10)18/h5-6,8H,1-4,7,13H2,(H,15,17). The second kappa shape index (κ2) is 4.73. The molecule has 2 heterocycles. The number of hydrazine groups is 1. The van der Waals surface area contributed by atoms with E-state index in [2.05, 4.69) is 24.9 Å². The molecule has 0 amide bonds. The van der Waals surface area contributed by atoms with Crippen LogP contribution >= 0.6 is 0 Å². The van der Waals surface area contributed by atoms with Gasteiger partial charge in [0, 0.05) is 5.69 Å². The lowest BCUT2D eigenvalue weighted by atomic mass is 10.0. The Labute approximate surface area is 105 Å². The predicted molar refractivity (Wildman–Crippen MR) is 67.8 cm³/mol. The number of nitrogens with two attached hydrogens (primary N) is 1. The quantitative estimate of drug-likeness (QED) is 0.619. The van der Waals surface area contributed by atoms with Crippen molar-refractivity contribution in [3.63, 3.8) is 0 Å². The number of nitrogens with zero attached hydrogens (tertiary/aromatic N) is 4. The van der Waals surface area contributed by atoms with Crippen LogP contribution in [0.25, 0.3) is 0 Å². The molecule has 0 fully saturated rings. The van der Waals surface area contributed by atoms with Gasteiger partial charge in [-0.15, -0.1) is 0 Å². The first-order valence-electron chi connectivity index (χ1n) is 6.17. The maximum absolute atomic E-state index is 5.26. The Hall–Kier alpha value is -1.95. The van der Waals surface area contributed by atoms with E-state index in [0.717, 1.165) is 25.1 Å². The van der Waals surface area contributed by atoms with Gasteiger partial charge >= 0.3 is 0 Å². The zero-order chi connectivity index (χ0) is 12.4. The molecule has 0 spiro atoms. The Morgan fingerprint density at radius 1 is 1.17 bits per heavy atom. The number of hydrogen-bond acceptors (Lipinski definition) is 5. The minimum atomic E-state index is 0.575. The zero-order valence-electron chi connectivity index (χ0n) is 10.1. The number of fused-ring (bicyclic) bond motifs is 1. The summed E-state index contributed by atoms with van der Waals surface area (Å²) in [6.07, 6.45) is 10.0. The van der Waals surface area contributed by atoms with Crippen LogP contribution in [0.1, 0.15) is 29.9 Å². The van der Waals surface area contributed by atoms with Crippen LogP contribution in [0.15, 0.2) is 18.7 Å². The Morgan fingerprint density at radius 3 is 2.83 bits per heavy atom. The molecule has 0 unspecified atom stereocenters. The number of nitrogen functional groups attached to an aromatic ring is 1. The van der Waals surface area contributed by atoms with E-state index in [1.165, 1.54) is 24.2 Å². The van der Waals surface area contributed by atoms with Crippen molar-refractivity contribution in [2.45, 2.75) is 32.2 Å². The number of rotatable bonds is 3. The van der Waals surface area contributed by atoms with Gasteiger partial charge in [-0.1, -0.05) is 0 Å². The summed E-state index contributed by atoms with van der Waals surface area (Å²) in [6, 6.07) is 0. The third-order valence-electron chi connectivity index (χ3n) is 3.30. The number of imidazole rings is 1. The van der Waals surface area contributed by atoms with Gasteiger partial charge in [0.2, 0.25) is 0 Å². The fraction of sp³-hybridized carbons (Fsp3) is 0.417. The van der Waals surface area contributed by atoms with Crippen molar-refractivity contribution in [2.24, 2.45) is 5.84 Å². The molecule has 94 valence electrons. The van der Waals surface area contributed by atoms with Crippen molar-refractivity contribution in [3.05, 3.63) is 35.8 Å². The smallest absolute Gasteiger partial charge is 0.158 e. The van der Waals surface area contributed by atoms with E-state index in [0.29, 0.717) is 5.82 Å². The molecule has 18 heavy (non-hydrogen) atoms. The summed E-state index contributed by atoms with van der Waals surface area (Å²) >= 11 is 0. The van der Waals surface area contributed by atoms with Crippen molar-refractivity contribution in [2.75, 3.05) is 5.43 Å². The lowest BCUT2D eigenvalue weighted by Crippen LogP contribution is -2.11. The first kappa shape index (κ1) is 11.2. The average Bonchev–Trinajstić information content (AvgIpc) is 2.83. The molecule has 0 atom stereocenters. The van der Waals surface area contributed by atoms with Gasteiger partial charge < -0.3 is 9.99 Å². The molecule has 0 saturated heterocycles. The molecule has 1 aliphatic carbocycles. The summed E-state index contributed by atoms with van der Waals surface area (Å²) < 4.78 is 2.17. The van der Waals surface area contributed by atoms with Gasteiger partial charge in [0.25, 0.3) is 0 Å². The van der Waals surface area contributed by atoms with E-state index in [-0.39, 0.29) is 0 Å². The first-order chi connectivity index (χ1) is 8.86. The monoisotopic (exact) mass is 244 g/mol. The molecular weight excluding hydrogens is 228 g/mol. The maximum Gasteiger partial charge on any atom is 0.158 e. The molecule has 0 aromatic carbocycles. The van der Waals surface area contributed by atoms with Crippen LogP contribution in [-0.4, -0.2) is 19.5 Å². The lowest BCUT2D eigenvalue weighted by molar-refractivity contribution is 0.624. The number of aryl methyl sites for hydroxylation is 1. The second-order valence-electron chi connectivity index (χ2n) is 4.51. The molecule has 0 aliphatic heterocycles. The third kappa shape index (κ3) is 2.06. The zero-order valence-corrected chi connectivity index (χ0v) is 10.1. The summed E-state index contributed by atoms with van der Waals surface area (Å²) in [5.41, 5.74) is 5.98. The maximum atomic E-state index is 5.26. The van der Waals surface area contributed by atoms with Crippen LogP contribution in [0.5, 0.6) is 0 Å². The van der Waals surface area contributed by atoms with E-state index in [9.17, 15) is 0 Å². The van der Waals surface area contributed by atoms with E-state index >= 15 is 0 Å². The van der Waals surface area contributed by atoms with Crippen LogP contribution in [0, 0.1) is 0 Å². The lowest BCUT2D eigenvalue weighted by Gasteiger charge is -2.13. The van der Waals surface area contributed by atoms with Crippen molar-refractivity contribution in [1.29, 1.82) is 0 Å². The molecule has 6 nitrogen and oxygen atoms in total. The van der Waals surface area contributed by atoms with Gasteiger partial charge in [0.15, 0.2) is 5.82 Å². The minimum absolute atomic E-state index is 0.575. The fourth-order valence-electron chi connectivity index (χ4n) is 2.35. The summed E-state index contributed by atoms with van der Waals surface area (Å²) in [6.45, 7) is 0.722. The highest BCUT2D eigenvalue weighted by Crippen LogP contribution is 2.20. The molecule has 3 N–H and O–H groups in total. The van der Waals surface area contributed by atoms with E-state index in [1.54, 1.807) is 12.4 Å². The highest BCUT2D eigenvalue weighted by Gasteiger charge is 2.15. The molecule has 1 aliphatic rings. The van der Waals surface area contributed by atoms with Gasteiger partial charge in [-0.25, -0.2) is 15.8 Å². The van der Waals surface area contributed by atoms with E-state index < -0.39 is 0 Å². The molecule has 0 radical (unpaired) electrons. The number of hydrogen-bond donors (Lipinski definition) is 2. The second-order valence-corrected chi connectivity index (χ2v) is 4.51. The Morgan fingerprint density at radius 2 is 2.06 bits per heavy atom. The Bertz CT molecular complexity index is 530. The van der Waals surface area contributed by atoms with Gasteiger partial charge in [-0.3, -0.25) is 4.98 Å². The fourth-order valence-corrected chi connectivity index (χ4v) is 2.35. The van der Waals surface area contributed by atoms with Crippen LogP contribution < -0.4 is 11.3 Å². The van der Waals surface area contributed by atoms with Crippen LogP contribution in [0.3, 0.4) is 0 Å². The van der Waals surface area contributed by atoms with Gasteiger partial charge in [-0.05, 0) is 25.7 Å². The van der Waals surface area contributed by atoms with Crippen LogP contribution in [0.4, 0.5) is 5.82 Å². The molecule has 0 saturated carbocycles. The van der Waals surface area contributed by atoms with Gasteiger partial charge in [0.05, 0.1) is 36.7 Å². The van der Waals surface area contributed by atoms with Gasteiger partial charge in [-0.2, -0.15) is 0 Å². The van der Waals surface area contributed by atoms with E-state index in [4.69, 9.17) is 5.84 Å². The average molecular weight is 244 g/mol. The highest BCUT2D eigenvalue weighted by molar-refractivity contribution is 5.28. The summed E-state index contributed by atoms with van der Waals surface area (Å²) in [7, 11) is 0. The molecule has 6 heteroatoms. The largest absolute Gasteiger partial charge is 0.328 e. The molecule has 0 bridgehead atoms. The number of nitrogens with one attached hydrogen (secondary N) is 1. The highest BCUT2D eigenvalue weighted by atomic mass is 15.3. The SMILES string of the molecule is NNc1cnc(Cn2cnc3c2CCCC3)cn1. The summed E-state index contributed by atoms with van der Waals surface area (Å²) in [5, 5.41) is 0.